The van der Waals surface area contributed by atoms with Crippen molar-refractivity contribution in [1.29, 1.82) is 0 Å². The molecule has 0 amide bonds. The zero-order valence-corrected chi connectivity index (χ0v) is 14.1. The van der Waals surface area contributed by atoms with Gasteiger partial charge in [-0.2, -0.15) is 0 Å². The third-order valence-corrected chi connectivity index (χ3v) is 5.53. The van der Waals surface area contributed by atoms with E-state index in [2.05, 4.69) is 44.5 Å². The number of benzene rings is 2. The minimum Gasteiger partial charge on any atom is -0.325 e. The third-order valence-electron chi connectivity index (χ3n) is 4.65. The Labute approximate surface area is 148 Å². The van der Waals surface area contributed by atoms with Gasteiger partial charge in [0.1, 0.15) is 22.8 Å². The molecule has 1 aliphatic rings. The maximum absolute atomic E-state index is 13.3. The summed E-state index contributed by atoms with van der Waals surface area (Å²) in [6.45, 7) is 0.907. The third kappa shape index (κ3) is 2.31. The largest absolute Gasteiger partial charge is 0.325 e. The summed E-state index contributed by atoms with van der Waals surface area (Å²) in [4.78, 5) is 12.3. The molecule has 3 heterocycles. The van der Waals surface area contributed by atoms with Crippen LogP contribution in [-0.4, -0.2) is 16.5 Å². The summed E-state index contributed by atoms with van der Waals surface area (Å²) in [5, 5.41) is 3.12. The Bertz CT molecular complexity index is 1070. The number of hydrogen-bond acceptors (Lipinski definition) is 4. The van der Waals surface area contributed by atoms with Gasteiger partial charge in [-0.3, -0.25) is 0 Å². The average Bonchev–Trinajstić information content (AvgIpc) is 3.26. The fourth-order valence-corrected chi connectivity index (χ4v) is 4.37. The number of para-hydroxylation sites is 1. The monoisotopic (exact) mass is 347 g/mol. The second kappa shape index (κ2) is 5.63. The molecule has 0 radical (unpaired) electrons. The lowest BCUT2D eigenvalue weighted by Crippen LogP contribution is -2.15. The van der Waals surface area contributed by atoms with Crippen LogP contribution in [0, 0.1) is 5.82 Å². The summed E-state index contributed by atoms with van der Waals surface area (Å²) in [6.07, 6.45) is 2.64. The van der Waals surface area contributed by atoms with Gasteiger partial charge in [-0.25, -0.2) is 14.4 Å². The second-order valence-corrected chi connectivity index (χ2v) is 6.92. The lowest BCUT2D eigenvalue weighted by Gasteiger charge is -2.19. The Morgan fingerprint density at radius 1 is 1.00 bits per heavy atom. The molecule has 2 aromatic heterocycles. The van der Waals surface area contributed by atoms with Crippen LogP contribution in [0.4, 0.5) is 15.9 Å². The molecule has 0 atom stereocenters. The van der Waals surface area contributed by atoms with Gasteiger partial charge in [-0.05, 0) is 35.7 Å². The maximum Gasteiger partial charge on any atom is 0.145 e. The molecule has 4 aromatic rings. The molecular formula is C20H14FN3S. The van der Waals surface area contributed by atoms with Crippen molar-refractivity contribution in [3.05, 3.63) is 71.6 Å². The van der Waals surface area contributed by atoms with Crippen LogP contribution in [-0.2, 0) is 6.42 Å². The lowest BCUT2D eigenvalue weighted by atomic mass is 10.1. The summed E-state index contributed by atoms with van der Waals surface area (Å²) in [7, 11) is 0. The van der Waals surface area contributed by atoms with Gasteiger partial charge in [0.05, 0.1) is 5.39 Å². The molecule has 2 aromatic carbocycles. The molecule has 0 aliphatic carbocycles. The van der Waals surface area contributed by atoms with Gasteiger partial charge < -0.3 is 4.90 Å². The first-order chi connectivity index (χ1) is 12.3. The summed E-state index contributed by atoms with van der Waals surface area (Å²) in [5.74, 6) is 0.698. The van der Waals surface area contributed by atoms with Crippen LogP contribution in [0.25, 0.3) is 21.3 Å². The Morgan fingerprint density at radius 2 is 1.84 bits per heavy atom. The van der Waals surface area contributed by atoms with E-state index in [0.717, 1.165) is 40.1 Å². The molecule has 0 bridgehead atoms. The lowest BCUT2D eigenvalue weighted by molar-refractivity contribution is 0.628. The van der Waals surface area contributed by atoms with Crippen LogP contribution in [0.2, 0.25) is 0 Å². The van der Waals surface area contributed by atoms with Crippen molar-refractivity contribution in [2.75, 3.05) is 11.4 Å². The van der Waals surface area contributed by atoms with Crippen LogP contribution in [0.5, 0.6) is 0 Å². The molecule has 0 unspecified atom stereocenters. The fourth-order valence-electron chi connectivity index (χ4n) is 3.46. The number of thiophene rings is 1. The quantitative estimate of drug-likeness (QED) is 0.499. The van der Waals surface area contributed by atoms with Crippen LogP contribution in [0.1, 0.15) is 5.56 Å². The Hall–Kier alpha value is -2.79. The molecule has 0 saturated carbocycles. The van der Waals surface area contributed by atoms with E-state index in [1.54, 1.807) is 17.7 Å². The van der Waals surface area contributed by atoms with E-state index < -0.39 is 0 Å². The molecular weight excluding hydrogens is 333 g/mol. The van der Waals surface area contributed by atoms with E-state index in [-0.39, 0.29) is 5.82 Å². The second-order valence-electron chi connectivity index (χ2n) is 6.06. The predicted octanol–water partition coefficient (Wildman–Crippen LogP) is 5.19. The number of aromatic nitrogens is 2. The van der Waals surface area contributed by atoms with Crippen LogP contribution < -0.4 is 4.90 Å². The molecule has 5 heteroatoms. The summed E-state index contributed by atoms with van der Waals surface area (Å²) >= 11 is 1.60. The van der Waals surface area contributed by atoms with Crippen molar-refractivity contribution < 1.29 is 4.39 Å². The van der Waals surface area contributed by atoms with Crippen molar-refractivity contribution in [2.24, 2.45) is 0 Å². The van der Waals surface area contributed by atoms with Gasteiger partial charge >= 0.3 is 0 Å². The summed E-state index contributed by atoms with van der Waals surface area (Å²) in [5.41, 5.74) is 4.59. The van der Waals surface area contributed by atoms with E-state index in [4.69, 9.17) is 0 Å². The van der Waals surface area contributed by atoms with E-state index in [9.17, 15) is 4.39 Å². The van der Waals surface area contributed by atoms with Gasteiger partial charge in [0.15, 0.2) is 0 Å². The standard InChI is InChI=1S/C20H14FN3S/c21-15-7-5-13(6-8-15)16-11-25-20-18(16)19(22-12-23-20)24-10-9-14-3-1-2-4-17(14)24/h1-8,11-12H,9-10H2. The minimum absolute atomic E-state index is 0.228. The highest BCUT2D eigenvalue weighted by Crippen LogP contribution is 2.42. The first-order valence-electron chi connectivity index (χ1n) is 8.15. The zero-order valence-electron chi connectivity index (χ0n) is 13.3. The number of fused-ring (bicyclic) bond motifs is 2. The highest BCUT2D eigenvalue weighted by Gasteiger charge is 2.24. The molecule has 3 nitrogen and oxygen atoms in total. The van der Waals surface area contributed by atoms with Crippen LogP contribution in [0.15, 0.2) is 60.2 Å². The number of rotatable bonds is 2. The zero-order chi connectivity index (χ0) is 16.8. The number of anilines is 2. The fraction of sp³-hybridized carbons (Fsp3) is 0.100. The maximum atomic E-state index is 13.3. The first kappa shape index (κ1) is 14.5. The van der Waals surface area contributed by atoms with Crippen molar-refractivity contribution in [2.45, 2.75) is 6.42 Å². The number of halogens is 1. The normalized spacial score (nSPS) is 13.4. The Kier molecular flexibility index (Phi) is 3.28. The number of hydrogen-bond donors (Lipinski definition) is 0. The highest BCUT2D eigenvalue weighted by atomic mass is 32.1. The molecule has 5 rings (SSSR count). The Morgan fingerprint density at radius 3 is 2.72 bits per heavy atom. The topological polar surface area (TPSA) is 29.0 Å². The predicted molar refractivity (Wildman–Crippen MR) is 100.0 cm³/mol. The molecule has 0 saturated heterocycles. The van der Waals surface area contributed by atoms with E-state index in [1.807, 2.05) is 12.1 Å². The average molecular weight is 347 g/mol. The Balaban J connectivity index is 1.72. The van der Waals surface area contributed by atoms with Gasteiger partial charge in [-0.1, -0.05) is 30.3 Å². The van der Waals surface area contributed by atoms with Crippen LogP contribution >= 0.6 is 11.3 Å². The molecule has 0 spiro atoms. The molecule has 122 valence electrons. The van der Waals surface area contributed by atoms with Crippen molar-refractivity contribution in [3.8, 4) is 11.1 Å². The minimum atomic E-state index is -0.228. The summed E-state index contributed by atoms with van der Waals surface area (Å²) < 4.78 is 13.3. The SMILES string of the molecule is Fc1ccc(-c2csc3ncnc(N4CCc5ccccc54)c23)cc1. The molecule has 0 N–H and O–H groups in total. The van der Waals surface area contributed by atoms with Gasteiger partial charge in [0.2, 0.25) is 0 Å². The first-order valence-corrected chi connectivity index (χ1v) is 9.03. The molecule has 1 aliphatic heterocycles. The van der Waals surface area contributed by atoms with E-state index in [1.165, 1.54) is 23.4 Å². The molecule has 0 fully saturated rings. The van der Waals surface area contributed by atoms with Gasteiger partial charge in [-0.15, -0.1) is 11.3 Å². The van der Waals surface area contributed by atoms with Gasteiger partial charge in [0.25, 0.3) is 0 Å². The summed E-state index contributed by atoms with van der Waals surface area (Å²) in [6, 6.07) is 15.1. The van der Waals surface area contributed by atoms with Crippen molar-refractivity contribution in [3.63, 3.8) is 0 Å². The van der Waals surface area contributed by atoms with E-state index >= 15 is 0 Å². The van der Waals surface area contributed by atoms with Crippen molar-refractivity contribution in [1.82, 2.24) is 9.97 Å². The van der Waals surface area contributed by atoms with Gasteiger partial charge in [0, 0.05) is 23.2 Å². The number of nitrogens with zero attached hydrogens (tertiary/aromatic N) is 3. The highest BCUT2D eigenvalue weighted by molar-refractivity contribution is 7.17. The van der Waals surface area contributed by atoms with Crippen LogP contribution in [0.3, 0.4) is 0 Å². The molecule has 25 heavy (non-hydrogen) atoms. The van der Waals surface area contributed by atoms with Crippen molar-refractivity contribution >= 4 is 33.1 Å². The van der Waals surface area contributed by atoms with E-state index in [0.29, 0.717) is 0 Å². The smallest absolute Gasteiger partial charge is 0.145 e.